The summed E-state index contributed by atoms with van der Waals surface area (Å²) in [5, 5.41) is 0. The summed E-state index contributed by atoms with van der Waals surface area (Å²) in [7, 11) is 13.3. The smallest absolute Gasteiger partial charge is 0.353 e. The van der Waals surface area contributed by atoms with E-state index >= 15 is 0 Å². The summed E-state index contributed by atoms with van der Waals surface area (Å²) in [5.74, 6) is 0. The second kappa shape index (κ2) is 2.93. The lowest BCUT2D eigenvalue weighted by Crippen LogP contribution is -2.54. The average molecular weight is 143 g/mol. The zero-order chi connectivity index (χ0) is 8.41. The van der Waals surface area contributed by atoms with Crippen molar-refractivity contribution in [3.63, 3.8) is 0 Å². The van der Waals surface area contributed by atoms with Gasteiger partial charge in [0, 0.05) is 0 Å². The summed E-state index contributed by atoms with van der Waals surface area (Å²) in [4.78, 5) is 0. The van der Waals surface area contributed by atoms with Crippen molar-refractivity contribution in [2.24, 2.45) is 0 Å². The first-order valence-electron chi connectivity index (χ1n) is 3.70. The first-order valence-corrected chi connectivity index (χ1v) is 3.70. The molecule has 0 heterocycles. The minimum absolute atomic E-state index is 0.976. The Kier molecular flexibility index (Phi) is 2.92. The van der Waals surface area contributed by atoms with Crippen LogP contribution in [0.2, 0.25) is 6.82 Å². The van der Waals surface area contributed by atoms with Crippen molar-refractivity contribution in [2.45, 2.75) is 6.82 Å². The van der Waals surface area contributed by atoms with Gasteiger partial charge in [-0.15, -0.1) is 0 Å². The first kappa shape index (κ1) is 9.98. The van der Waals surface area contributed by atoms with E-state index in [2.05, 4.69) is 49.5 Å². The molecule has 0 saturated heterocycles. The lowest BCUT2D eigenvalue weighted by Gasteiger charge is -2.35. The van der Waals surface area contributed by atoms with Gasteiger partial charge in [-0.05, 0) is 6.82 Å². The molecule has 1 radical (unpaired) electrons. The third-order valence-electron chi connectivity index (χ3n) is 1.49. The average Bonchev–Trinajstić information content (AvgIpc) is 1.60. The van der Waals surface area contributed by atoms with Gasteiger partial charge in [0.15, 0.2) is 6.67 Å². The van der Waals surface area contributed by atoms with Crippen LogP contribution in [0.1, 0.15) is 0 Å². The van der Waals surface area contributed by atoms with Gasteiger partial charge in [-0.3, -0.25) is 4.48 Å². The van der Waals surface area contributed by atoms with Crippen LogP contribution >= 0.6 is 0 Å². The molecule has 0 aliphatic carbocycles. The van der Waals surface area contributed by atoms with Gasteiger partial charge in [0.2, 0.25) is 0 Å². The quantitative estimate of drug-likeness (QED) is 0.304. The molecule has 0 spiro atoms. The third-order valence-corrected chi connectivity index (χ3v) is 1.49. The highest BCUT2D eigenvalue weighted by Crippen LogP contribution is 2.00. The second-order valence-electron chi connectivity index (χ2n) is 4.47. The summed E-state index contributed by atoms with van der Waals surface area (Å²) in [5.41, 5.74) is 0. The molecule has 0 aliphatic heterocycles. The summed E-state index contributed by atoms with van der Waals surface area (Å²) in [6.07, 6.45) is 0. The standard InChI is InChI=1S/C7H20BN2/c1-8-10(5,6)7-9(2,3)4/h7H2,1-6H3/q+2. The summed E-state index contributed by atoms with van der Waals surface area (Å²) in [6, 6.07) is 0. The highest BCUT2D eigenvalue weighted by molar-refractivity contribution is 6.23. The van der Waals surface area contributed by atoms with Gasteiger partial charge in [-0.2, -0.15) is 0 Å². The van der Waals surface area contributed by atoms with Crippen LogP contribution in [-0.2, 0) is 0 Å². The van der Waals surface area contributed by atoms with Crippen LogP contribution < -0.4 is 0 Å². The van der Waals surface area contributed by atoms with Crippen molar-refractivity contribution < 1.29 is 8.88 Å². The van der Waals surface area contributed by atoms with Gasteiger partial charge >= 0.3 is 7.41 Å². The van der Waals surface area contributed by atoms with Crippen LogP contribution in [0, 0.1) is 0 Å². The normalized spacial score (nSPS) is 13.4. The Bertz CT molecular complexity index is 105. The predicted molar refractivity (Wildman–Crippen MR) is 46.6 cm³/mol. The highest BCUT2D eigenvalue weighted by Gasteiger charge is 2.22. The molecular weight excluding hydrogens is 123 g/mol. The number of quaternary nitrogens is 2. The molecule has 0 atom stereocenters. The predicted octanol–water partition coefficient (Wildman–Crippen LogP) is 0.394. The van der Waals surface area contributed by atoms with Crippen molar-refractivity contribution in [1.29, 1.82) is 0 Å². The van der Waals surface area contributed by atoms with Gasteiger partial charge in [0.05, 0.1) is 35.2 Å². The molecule has 0 saturated carbocycles. The molecule has 0 fully saturated rings. The molecule has 0 aromatic rings. The molecule has 0 amide bonds. The molecule has 59 valence electrons. The summed E-state index contributed by atoms with van der Waals surface area (Å²) in [6.45, 7) is 3.24. The third kappa shape index (κ3) is 4.83. The molecule has 3 heteroatoms. The fourth-order valence-electron chi connectivity index (χ4n) is 1.18. The molecule has 0 aromatic heterocycles. The molecule has 10 heavy (non-hydrogen) atoms. The largest absolute Gasteiger partial charge is 0.447 e. The van der Waals surface area contributed by atoms with Crippen molar-refractivity contribution in [3.8, 4) is 0 Å². The zero-order valence-corrected chi connectivity index (χ0v) is 8.18. The van der Waals surface area contributed by atoms with E-state index in [1.165, 1.54) is 0 Å². The molecule has 0 rings (SSSR count). The van der Waals surface area contributed by atoms with Gasteiger partial charge in [0.1, 0.15) is 0 Å². The number of hydrogen-bond acceptors (Lipinski definition) is 0. The molecule has 0 aliphatic rings. The SMILES string of the molecule is C[B][N+](C)(C)C[N+](C)(C)C. The Labute approximate surface area is 65.9 Å². The molecule has 0 N–H and O–H groups in total. The number of hydrogen-bond donors (Lipinski definition) is 0. The van der Waals surface area contributed by atoms with E-state index in [9.17, 15) is 0 Å². The lowest BCUT2D eigenvalue weighted by atomic mass is 9.93. The summed E-state index contributed by atoms with van der Waals surface area (Å²) >= 11 is 0. The van der Waals surface area contributed by atoms with Gasteiger partial charge < -0.3 is 4.39 Å². The van der Waals surface area contributed by atoms with Crippen LogP contribution in [0.4, 0.5) is 0 Å². The second-order valence-corrected chi connectivity index (χ2v) is 4.47. The van der Waals surface area contributed by atoms with E-state index in [0.717, 1.165) is 15.5 Å². The van der Waals surface area contributed by atoms with Gasteiger partial charge in [-0.25, -0.2) is 0 Å². The van der Waals surface area contributed by atoms with Crippen molar-refractivity contribution in [1.82, 2.24) is 0 Å². The molecule has 0 bridgehead atoms. The Morgan fingerprint density at radius 1 is 1.00 bits per heavy atom. The van der Waals surface area contributed by atoms with Crippen molar-refractivity contribution >= 4 is 7.41 Å². The van der Waals surface area contributed by atoms with Crippen LogP contribution in [0.25, 0.3) is 0 Å². The molecule has 2 nitrogen and oxygen atoms in total. The maximum Gasteiger partial charge on any atom is 0.447 e. The minimum Gasteiger partial charge on any atom is -0.353 e. The maximum absolute atomic E-state index is 2.21. The Morgan fingerprint density at radius 2 is 1.40 bits per heavy atom. The molecule has 0 unspecified atom stereocenters. The first-order chi connectivity index (χ1) is 4.27. The zero-order valence-electron chi connectivity index (χ0n) is 8.18. The Balaban J connectivity index is 3.89. The Morgan fingerprint density at radius 3 is 1.50 bits per heavy atom. The molecular formula is C7H20BN2+2. The number of rotatable bonds is 3. The Hall–Kier alpha value is -0.0151. The van der Waals surface area contributed by atoms with E-state index in [0.29, 0.717) is 0 Å². The van der Waals surface area contributed by atoms with E-state index in [1.54, 1.807) is 0 Å². The van der Waals surface area contributed by atoms with E-state index in [-0.39, 0.29) is 0 Å². The van der Waals surface area contributed by atoms with Crippen LogP contribution in [0.5, 0.6) is 0 Å². The van der Waals surface area contributed by atoms with E-state index in [4.69, 9.17) is 0 Å². The molecule has 0 aromatic carbocycles. The number of nitrogens with zero attached hydrogens (tertiary/aromatic N) is 2. The van der Waals surface area contributed by atoms with Gasteiger partial charge in [0.25, 0.3) is 0 Å². The van der Waals surface area contributed by atoms with Crippen molar-refractivity contribution in [3.05, 3.63) is 0 Å². The van der Waals surface area contributed by atoms with E-state index in [1.807, 2.05) is 0 Å². The van der Waals surface area contributed by atoms with E-state index < -0.39 is 0 Å². The minimum atomic E-state index is 0.976. The monoisotopic (exact) mass is 143 g/mol. The van der Waals surface area contributed by atoms with Crippen LogP contribution in [0.3, 0.4) is 0 Å². The highest BCUT2D eigenvalue weighted by atomic mass is 15.4. The summed E-state index contributed by atoms with van der Waals surface area (Å²) < 4.78 is 1.99. The maximum atomic E-state index is 2.21. The van der Waals surface area contributed by atoms with Crippen LogP contribution in [-0.4, -0.2) is 58.2 Å². The van der Waals surface area contributed by atoms with Gasteiger partial charge in [-0.1, -0.05) is 0 Å². The van der Waals surface area contributed by atoms with Crippen molar-refractivity contribution in [2.75, 3.05) is 41.9 Å². The fraction of sp³-hybridized carbons (Fsp3) is 1.00. The van der Waals surface area contributed by atoms with Crippen LogP contribution in [0.15, 0.2) is 0 Å². The lowest BCUT2D eigenvalue weighted by molar-refractivity contribution is -1.02. The fourth-order valence-corrected chi connectivity index (χ4v) is 1.18. The topological polar surface area (TPSA) is 0 Å².